The largest absolute Gasteiger partial charge is 0.227 e. The molecule has 0 atom stereocenters. The van der Waals surface area contributed by atoms with E-state index < -0.39 is 11.6 Å². The van der Waals surface area contributed by atoms with E-state index >= 15 is 0 Å². The Labute approximate surface area is 125 Å². The van der Waals surface area contributed by atoms with Crippen molar-refractivity contribution in [2.45, 2.75) is 13.8 Å². The lowest BCUT2D eigenvalue weighted by atomic mass is 10.1. The number of benzene rings is 2. The third-order valence-corrected chi connectivity index (χ3v) is 3.55. The number of hydrogen-bond donors (Lipinski definition) is 0. The molecule has 0 radical (unpaired) electrons. The fourth-order valence-electron chi connectivity index (χ4n) is 2.34. The van der Waals surface area contributed by atoms with Crippen LogP contribution in [-0.2, 0) is 0 Å². The zero-order valence-corrected chi connectivity index (χ0v) is 12.2. The standard InChI is InChI=1S/C16H11ClF2N2/c1-8-5-9(2)14-12(6-8)15(17)21-16(20-14)11-4-3-10(18)7-13(11)19/h3-7H,1-2H3. The summed E-state index contributed by atoms with van der Waals surface area (Å²) >= 11 is 6.19. The zero-order valence-electron chi connectivity index (χ0n) is 11.4. The summed E-state index contributed by atoms with van der Waals surface area (Å²) in [7, 11) is 0. The Morgan fingerprint density at radius 3 is 2.48 bits per heavy atom. The lowest BCUT2D eigenvalue weighted by Gasteiger charge is -2.08. The quantitative estimate of drug-likeness (QED) is 0.601. The van der Waals surface area contributed by atoms with Crippen LogP contribution >= 0.6 is 11.6 Å². The molecule has 0 amide bonds. The monoisotopic (exact) mass is 304 g/mol. The first kappa shape index (κ1) is 13.9. The van der Waals surface area contributed by atoms with Crippen molar-refractivity contribution in [3.8, 4) is 11.4 Å². The Morgan fingerprint density at radius 1 is 1.00 bits per heavy atom. The first-order valence-electron chi connectivity index (χ1n) is 6.35. The summed E-state index contributed by atoms with van der Waals surface area (Å²) in [6, 6.07) is 7.14. The van der Waals surface area contributed by atoms with E-state index in [4.69, 9.17) is 11.6 Å². The third kappa shape index (κ3) is 2.47. The van der Waals surface area contributed by atoms with E-state index in [1.807, 2.05) is 26.0 Å². The first-order valence-corrected chi connectivity index (χ1v) is 6.73. The van der Waals surface area contributed by atoms with Gasteiger partial charge in [0.2, 0.25) is 0 Å². The molecule has 106 valence electrons. The van der Waals surface area contributed by atoms with Crippen LogP contribution in [0, 0.1) is 25.5 Å². The molecule has 2 aromatic carbocycles. The molecule has 3 rings (SSSR count). The number of hydrogen-bond acceptors (Lipinski definition) is 2. The summed E-state index contributed by atoms with van der Waals surface area (Å²) in [6.45, 7) is 3.86. The highest BCUT2D eigenvalue weighted by atomic mass is 35.5. The average Bonchev–Trinajstić information content (AvgIpc) is 2.40. The van der Waals surface area contributed by atoms with Gasteiger partial charge in [-0.25, -0.2) is 18.7 Å². The number of halogens is 3. The number of aromatic nitrogens is 2. The van der Waals surface area contributed by atoms with Gasteiger partial charge in [-0.2, -0.15) is 0 Å². The molecule has 0 unspecified atom stereocenters. The second-order valence-electron chi connectivity index (χ2n) is 4.94. The molecule has 0 N–H and O–H groups in total. The number of nitrogens with zero attached hydrogens (tertiary/aromatic N) is 2. The maximum absolute atomic E-state index is 13.9. The van der Waals surface area contributed by atoms with Crippen molar-refractivity contribution >= 4 is 22.5 Å². The normalized spacial score (nSPS) is 11.1. The van der Waals surface area contributed by atoms with Crippen molar-refractivity contribution in [2.24, 2.45) is 0 Å². The predicted octanol–water partition coefficient (Wildman–Crippen LogP) is 4.85. The minimum absolute atomic E-state index is 0.125. The fourth-order valence-corrected chi connectivity index (χ4v) is 2.57. The lowest BCUT2D eigenvalue weighted by molar-refractivity contribution is 0.585. The molecule has 0 spiro atoms. The highest BCUT2D eigenvalue weighted by Crippen LogP contribution is 2.29. The summed E-state index contributed by atoms with van der Waals surface area (Å²) in [5.74, 6) is -1.21. The van der Waals surface area contributed by atoms with Crippen LogP contribution in [0.5, 0.6) is 0 Å². The van der Waals surface area contributed by atoms with Crippen LogP contribution in [-0.4, -0.2) is 9.97 Å². The number of fused-ring (bicyclic) bond motifs is 1. The van der Waals surface area contributed by atoms with E-state index in [1.54, 1.807) is 0 Å². The molecule has 3 aromatic rings. The number of rotatable bonds is 1. The maximum Gasteiger partial charge on any atom is 0.164 e. The molecule has 2 nitrogen and oxygen atoms in total. The van der Waals surface area contributed by atoms with Gasteiger partial charge in [0.05, 0.1) is 11.1 Å². The van der Waals surface area contributed by atoms with Crippen molar-refractivity contribution in [3.05, 3.63) is 58.2 Å². The SMILES string of the molecule is Cc1cc(C)c2nc(-c3ccc(F)cc3F)nc(Cl)c2c1. The van der Waals surface area contributed by atoms with Gasteiger partial charge in [0, 0.05) is 11.5 Å². The van der Waals surface area contributed by atoms with E-state index in [-0.39, 0.29) is 16.5 Å². The topological polar surface area (TPSA) is 25.8 Å². The van der Waals surface area contributed by atoms with Crippen LogP contribution in [0.3, 0.4) is 0 Å². The Balaban J connectivity index is 2.30. The van der Waals surface area contributed by atoms with Gasteiger partial charge in [-0.3, -0.25) is 0 Å². The van der Waals surface area contributed by atoms with Crippen LogP contribution < -0.4 is 0 Å². The van der Waals surface area contributed by atoms with E-state index in [9.17, 15) is 8.78 Å². The Morgan fingerprint density at radius 2 is 1.76 bits per heavy atom. The van der Waals surface area contributed by atoms with Crippen molar-refractivity contribution in [1.29, 1.82) is 0 Å². The van der Waals surface area contributed by atoms with E-state index in [2.05, 4.69) is 9.97 Å². The molecule has 21 heavy (non-hydrogen) atoms. The van der Waals surface area contributed by atoms with Crippen LogP contribution in [0.25, 0.3) is 22.3 Å². The van der Waals surface area contributed by atoms with E-state index in [0.29, 0.717) is 5.52 Å². The predicted molar refractivity (Wildman–Crippen MR) is 79.4 cm³/mol. The molecule has 0 aliphatic rings. The van der Waals surface area contributed by atoms with Gasteiger partial charge in [0.1, 0.15) is 16.8 Å². The van der Waals surface area contributed by atoms with Gasteiger partial charge in [0.25, 0.3) is 0 Å². The fraction of sp³-hybridized carbons (Fsp3) is 0.125. The smallest absolute Gasteiger partial charge is 0.164 e. The molecule has 1 heterocycles. The highest BCUT2D eigenvalue weighted by Gasteiger charge is 2.14. The summed E-state index contributed by atoms with van der Waals surface area (Å²) in [5, 5.41) is 0.978. The van der Waals surface area contributed by atoms with Crippen molar-refractivity contribution in [2.75, 3.05) is 0 Å². The molecule has 0 aliphatic heterocycles. The second kappa shape index (κ2) is 5.04. The second-order valence-corrected chi connectivity index (χ2v) is 5.30. The van der Waals surface area contributed by atoms with Gasteiger partial charge in [-0.15, -0.1) is 0 Å². The summed E-state index contributed by atoms with van der Waals surface area (Å²) < 4.78 is 26.9. The van der Waals surface area contributed by atoms with Crippen LogP contribution in [0.4, 0.5) is 8.78 Å². The first-order chi connectivity index (χ1) is 9.95. The minimum Gasteiger partial charge on any atom is -0.227 e. The molecule has 0 aliphatic carbocycles. The summed E-state index contributed by atoms with van der Waals surface area (Å²) in [6.07, 6.45) is 0. The summed E-state index contributed by atoms with van der Waals surface area (Å²) in [5.41, 5.74) is 2.77. The van der Waals surface area contributed by atoms with E-state index in [1.165, 1.54) is 12.1 Å². The molecule has 0 bridgehead atoms. The maximum atomic E-state index is 13.9. The van der Waals surface area contributed by atoms with Gasteiger partial charge in [-0.1, -0.05) is 23.2 Å². The van der Waals surface area contributed by atoms with Crippen LogP contribution in [0.2, 0.25) is 5.15 Å². The van der Waals surface area contributed by atoms with Gasteiger partial charge < -0.3 is 0 Å². The molecule has 0 saturated carbocycles. The van der Waals surface area contributed by atoms with Crippen molar-refractivity contribution in [3.63, 3.8) is 0 Å². The van der Waals surface area contributed by atoms with Gasteiger partial charge in [0.15, 0.2) is 5.82 Å². The molecule has 5 heteroatoms. The Bertz CT molecular complexity index is 863. The Hall–Kier alpha value is -2.07. The van der Waals surface area contributed by atoms with Crippen LogP contribution in [0.15, 0.2) is 30.3 Å². The van der Waals surface area contributed by atoms with E-state index in [0.717, 1.165) is 22.6 Å². The molecule has 1 aromatic heterocycles. The van der Waals surface area contributed by atoms with Gasteiger partial charge in [-0.05, 0) is 37.6 Å². The molecular formula is C16H11ClF2N2. The van der Waals surface area contributed by atoms with Gasteiger partial charge >= 0.3 is 0 Å². The van der Waals surface area contributed by atoms with Crippen LogP contribution in [0.1, 0.15) is 11.1 Å². The molecule has 0 saturated heterocycles. The summed E-state index contributed by atoms with van der Waals surface area (Å²) in [4.78, 5) is 8.52. The average molecular weight is 305 g/mol. The highest BCUT2D eigenvalue weighted by molar-refractivity contribution is 6.34. The molecular weight excluding hydrogens is 294 g/mol. The Kier molecular flexibility index (Phi) is 3.33. The number of aryl methyl sites for hydroxylation is 2. The lowest BCUT2D eigenvalue weighted by Crippen LogP contribution is -1.97. The van der Waals surface area contributed by atoms with Crippen molar-refractivity contribution in [1.82, 2.24) is 9.97 Å². The van der Waals surface area contributed by atoms with Crippen molar-refractivity contribution < 1.29 is 8.78 Å². The minimum atomic E-state index is -0.713. The third-order valence-electron chi connectivity index (χ3n) is 3.26. The zero-order chi connectivity index (χ0) is 15.1. The molecule has 0 fully saturated rings.